The van der Waals surface area contributed by atoms with Crippen molar-refractivity contribution in [3.63, 3.8) is 0 Å². The zero-order chi connectivity index (χ0) is 19.2. The Morgan fingerprint density at radius 1 is 0.778 bits per heavy atom. The Kier molecular flexibility index (Phi) is 5.74. The molecule has 0 saturated heterocycles. The van der Waals surface area contributed by atoms with Gasteiger partial charge in [0.1, 0.15) is 11.5 Å². The molecule has 3 rings (SSSR count). The normalized spacial score (nSPS) is 10.1. The lowest BCUT2D eigenvalue weighted by molar-refractivity contribution is -0.132. The molecule has 0 heterocycles. The van der Waals surface area contributed by atoms with E-state index in [1.165, 1.54) is 0 Å². The molecular weight excluding hydrogens is 364 g/mol. The van der Waals surface area contributed by atoms with E-state index < -0.39 is 11.8 Å². The van der Waals surface area contributed by atoms with Crippen LogP contribution >= 0.6 is 11.6 Å². The van der Waals surface area contributed by atoms with E-state index in [1.807, 2.05) is 37.3 Å². The van der Waals surface area contributed by atoms with Gasteiger partial charge in [-0.3, -0.25) is 9.59 Å². The summed E-state index contributed by atoms with van der Waals surface area (Å²) in [4.78, 5) is 24.1. The Morgan fingerprint density at radius 3 is 1.96 bits per heavy atom. The summed E-state index contributed by atoms with van der Waals surface area (Å²) in [5.74, 6) is -0.216. The number of carbonyl (C=O) groups excluding carboxylic acids is 2. The van der Waals surface area contributed by atoms with Crippen LogP contribution in [0.25, 0.3) is 0 Å². The van der Waals surface area contributed by atoms with Crippen molar-refractivity contribution in [3.8, 4) is 11.5 Å². The van der Waals surface area contributed by atoms with E-state index in [9.17, 15) is 9.59 Å². The summed E-state index contributed by atoms with van der Waals surface area (Å²) in [6.45, 7) is 1.85. The van der Waals surface area contributed by atoms with Crippen LogP contribution in [-0.2, 0) is 9.59 Å². The fourth-order valence-corrected chi connectivity index (χ4v) is 2.46. The number of hydrogen-bond donors (Lipinski definition) is 2. The third-order valence-electron chi connectivity index (χ3n) is 3.73. The smallest absolute Gasteiger partial charge is 0.314 e. The first kappa shape index (κ1) is 18.5. The van der Waals surface area contributed by atoms with Gasteiger partial charge in [0.25, 0.3) is 0 Å². The zero-order valence-corrected chi connectivity index (χ0v) is 15.3. The van der Waals surface area contributed by atoms with Gasteiger partial charge in [0, 0.05) is 16.4 Å². The van der Waals surface area contributed by atoms with Gasteiger partial charge >= 0.3 is 11.8 Å². The molecule has 5 nitrogen and oxygen atoms in total. The molecule has 0 fully saturated rings. The van der Waals surface area contributed by atoms with Crippen molar-refractivity contribution in [2.24, 2.45) is 0 Å². The molecule has 27 heavy (non-hydrogen) atoms. The molecule has 6 heteroatoms. The van der Waals surface area contributed by atoms with Crippen molar-refractivity contribution in [2.75, 3.05) is 10.6 Å². The summed E-state index contributed by atoms with van der Waals surface area (Å²) < 4.78 is 5.68. The van der Waals surface area contributed by atoms with E-state index in [-0.39, 0.29) is 0 Å². The molecule has 0 radical (unpaired) electrons. The number of anilines is 2. The second kappa shape index (κ2) is 8.38. The van der Waals surface area contributed by atoms with Crippen LogP contribution in [0.3, 0.4) is 0 Å². The van der Waals surface area contributed by atoms with Crippen LogP contribution in [-0.4, -0.2) is 11.8 Å². The number of aryl methyl sites for hydroxylation is 1. The molecular formula is C21H17ClN2O3. The summed E-state index contributed by atoms with van der Waals surface area (Å²) >= 11 is 6.02. The van der Waals surface area contributed by atoms with Crippen LogP contribution in [0.2, 0.25) is 5.02 Å². The van der Waals surface area contributed by atoms with Crippen molar-refractivity contribution in [1.82, 2.24) is 0 Å². The number of halogens is 1. The largest absolute Gasteiger partial charge is 0.457 e. The van der Waals surface area contributed by atoms with E-state index in [0.717, 1.165) is 5.56 Å². The van der Waals surface area contributed by atoms with E-state index in [0.29, 0.717) is 27.9 Å². The maximum Gasteiger partial charge on any atom is 0.314 e. The molecule has 2 amide bonds. The summed E-state index contributed by atoms with van der Waals surface area (Å²) in [5, 5.41) is 5.57. The fraction of sp³-hybridized carbons (Fsp3) is 0.0476. The van der Waals surface area contributed by atoms with Gasteiger partial charge in [-0.15, -0.1) is 0 Å². The molecule has 2 N–H and O–H groups in total. The molecule has 136 valence electrons. The van der Waals surface area contributed by atoms with Crippen LogP contribution in [0.15, 0.2) is 72.8 Å². The van der Waals surface area contributed by atoms with E-state index in [1.54, 1.807) is 42.5 Å². The monoisotopic (exact) mass is 380 g/mol. The van der Waals surface area contributed by atoms with E-state index >= 15 is 0 Å². The second-order valence-electron chi connectivity index (χ2n) is 5.81. The molecule has 0 aliphatic heterocycles. The minimum atomic E-state index is -0.778. The third-order valence-corrected chi connectivity index (χ3v) is 4.13. The van der Waals surface area contributed by atoms with Gasteiger partial charge in [0.15, 0.2) is 0 Å². The second-order valence-corrected chi connectivity index (χ2v) is 6.22. The number of nitrogens with one attached hydrogen (secondary N) is 2. The number of para-hydroxylation sites is 1. The lowest BCUT2D eigenvalue weighted by atomic mass is 10.2. The van der Waals surface area contributed by atoms with Crippen LogP contribution in [0.4, 0.5) is 11.4 Å². The van der Waals surface area contributed by atoms with Gasteiger partial charge < -0.3 is 15.4 Å². The number of hydrogen-bond acceptors (Lipinski definition) is 3. The van der Waals surface area contributed by atoms with Gasteiger partial charge in [-0.2, -0.15) is 0 Å². The first-order valence-electron chi connectivity index (χ1n) is 8.23. The van der Waals surface area contributed by atoms with Gasteiger partial charge in [-0.05, 0) is 61.0 Å². The Balaban J connectivity index is 1.58. The van der Waals surface area contributed by atoms with Crippen LogP contribution < -0.4 is 15.4 Å². The fourth-order valence-electron chi connectivity index (χ4n) is 2.28. The summed E-state index contributed by atoms with van der Waals surface area (Å²) in [6, 6.07) is 21.1. The average molecular weight is 381 g/mol. The molecule has 3 aromatic rings. The zero-order valence-electron chi connectivity index (χ0n) is 14.5. The number of amides is 2. The summed E-state index contributed by atoms with van der Waals surface area (Å²) in [6.07, 6.45) is 0. The Bertz CT molecular complexity index is 957. The molecule has 0 spiro atoms. The van der Waals surface area contributed by atoms with Crippen molar-refractivity contribution < 1.29 is 14.3 Å². The van der Waals surface area contributed by atoms with Crippen LogP contribution in [0, 0.1) is 6.92 Å². The van der Waals surface area contributed by atoms with Crippen LogP contribution in [0.1, 0.15) is 5.56 Å². The molecule has 0 saturated carbocycles. The molecule has 0 unspecified atom stereocenters. The van der Waals surface area contributed by atoms with Gasteiger partial charge in [0.05, 0.1) is 0 Å². The third kappa shape index (κ3) is 5.09. The predicted octanol–water partition coefficient (Wildman–Crippen LogP) is 5.02. The number of rotatable bonds is 4. The standard InChI is InChI=1S/C21H17ClN2O3/c1-14-7-8-16(13-19(14)22)24-21(26)20(25)23-15-9-11-18(12-10-15)27-17-5-3-2-4-6-17/h2-13H,1H3,(H,23,25)(H,24,26). The van der Waals surface area contributed by atoms with Crippen molar-refractivity contribution in [3.05, 3.63) is 83.4 Å². The highest BCUT2D eigenvalue weighted by atomic mass is 35.5. The average Bonchev–Trinajstić information content (AvgIpc) is 2.67. The minimum absolute atomic E-state index is 0.456. The maximum atomic E-state index is 12.1. The Hall–Kier alpha value is -3.31. The predicted molar refractivity (Wildman–Crippen MR) is 106 cm³/mol. The first-order valence-corrected chi connectivity index (χ1v) is 8.60. The van der Waals surface area contributed by atoms with Gasteiger partial charge in [-0.1, -0.05) is 35.9 Å². The quantitative estimate of drug-likeness (QED) is 0.624. The van der Waals surface area contributed by atoms with Crippen molar-refractivity contribution in [2.45, 2.75) is 6.92 Å². The number of carbonyl (C=O) groups is 2. The van der Waals surface area contributed by atoms with Crippen molar-refractivity contribution >= 4 is 34.8 Å². The number of ether oxygens (including phenoxy) is 1. The molecule has 0 aliphatic rings. The highest BCUT2D eigenvalue weighted by Gasteiger charge is 2.14. The Labute approximate surface area is 161 Å². The lowest BCUT2D eigenvalue weighted by Crippen LogP contribution is -2.29. The minimum Gasteiger partial charge on any atom is -0.457 e. The van der Waals surface area contributed by atoms with Crippen LogP contribution in [0.5, 0.6) is 11.5 Å². The number of benzene rings is 3. The molecule has 3 aromatic carbocycles. The van der Waals surface area contributed by atoms with E-state index in [2.05, 4.69) is 10.6 Å². The maximum absolute atomic E-state index is 12.1. The van der Waals surface area contributed by atoms with Crippen molar-refractivity contribution in [1.29, 1.82) is 0 Å². The molecule has 0 aliphatic carbocycles. The molecule has 0 bridgehead atoms. The SMILES string of the molecule is Cc1ccc(NC(=O)C(=O)Nc2ccc(Oc3ccccc3)cc2)cc1Cl. The lowest BCUT2D eigenvalue weighted by Gasteiger charge is -2.09. The summed E-state index contributed by atoms with van der Waals surface area (Å²) in [5.41, 5.74) is 1.83. The summed E-state index contributed by atoms with van der Waals surface area (Å²) in [7, 11) is 0. The first-order chi connectivity index (χ1) is 13.0. The topological polar surface area (TPSA) is 67.4 Å². The van der Waals surface area contributed by atoms with Gasteiger partial charge in [-0.25, -0.2) is 0 Å². The highest BCUT2D eigenvalue weighted by molar-refractivity contribution is 6.43. The Morgan fingerprint density at radius 2 is 1.33 bits per heavy atom. The van der Waals surface area contributed by atoms with E-state index in [4.69, 9.17) is 16.3 Å². The molecule has 0 atom stereocenters. The highest BCUT2D eigenvalue weighted by Crippen LogP contribution is 2.23. The molecule has 0 aromatic heterocycles. The van der Waals surface area contributed by atoms with Gasteiger partial charge in [0.2, 0.25) is 0 Å².